The second-order valence-corrected chi connectivity index (χ2v) is 4.34. The Hall–Kier alpha value is -0.860. The van der Waals surface area contributed by atoms with E-state index in [-0.39, 0.29) is 24.1 Å². The Morgan fingerprint density at radius 2 is 1.77 bits per heavy atom. The predicted octanol–water partition coefficient (Wildman–Crippen LogP) is 1.94. The summed E-state index contributed by atoms with van der Waals surface area (Å²) in [6, 6.07) is 0. The van der Waals surface area contributed by atoms with Crippen LogP contribution in [0, 0.1) is 5.92 Å². The van der Waals surface area contributed by atoms with Crippen molar-refractivity contribution in [2.45, 2.75) is 46.6 Å². The van der Waals surface area contributed by atoms with Crippen LogP contribution in [-0.2, 0) is 14.3 Å². The average Bonchev–Trinajstić information content (AvgIpc) is 1.81. The first-order valence-corrected chi connectivity index (χ1v) is 4.44. The number of Topliss-reactive ketones (excluding diaryl/α,β-unsaturated/α-hetero) is 1. The van der Waals surface area contributed by atoms with Crippen LogP contribution in [0.25, 0.3) is 0 Å². The fourth-order valence-electron chi connectivity index (χ4n) is 0.917. The minimum absolute atomic E-state index is 0.0124. The summed E-state index contributed by atoms with van der Waals surface area (Å²) in [4.78, 5) is 22.0. The lowest BCUT2D eigenvalue weighted by Gasteiger charge is -2.21. The smallest absolute Gasteiger partial charge is 0.309 e. The van der Waals surface area contributed by atoms with Crippen molar-refractivity contribution in [2.75, 3.05) is 0 Å². The minimum atomic E-state index is -0.470. The van der Waals surface area contributed by atoms with E-state index < -0.39 is 5.60 Å². The zero-order chi connectivity index (χ0) is 10.6. The number of carbonyl (C=O) groups is 2. The fourth-order valence-corrected chi connectivity index (χ4v) is 0.917. The van der Waals surface area contributed by atoms with Gasteiger partial charge < -0.3 is 9.53 Å². The van der Waals surface area contributed by atoms with Gasteiger partial charge in [-0.05, 0) is 27.7 Å². The lowest BCUT2D eigenvalue weighted by molar-refractivity contribution is -0.160. The van der Waals surface area contributed by atoms with E-state index in [0.29, 0.717) is 0 Å². The zero-order valence-electron chi connectivity index (χ0n) is 9.01. The van der Waals surface area contributed by atoms with Crippen molar-refractivity contribution in [2.24, 2.45) is 5.92 Å². The molecule has 0 bridgehead atoms. The van der Waals surface area contributed by atoms with Gasteiger partial charge in [-0.15, -0.1) is 0 Å². The van der Waals surface area contributed by atoms with Gasteiger partial charge in [0, 0.05) is 6.42 Å². The molecule has 0 aromatic rings. The van der Waals surface area contributed by atoms with Gasteiger partial charge in [0.1, 0.15) is 11.4 Å². The largest absolute Gasteiger partial charge is 0.460 e. The van der Waals surface area contributed by atoms with Gasteiger partial charge in [-0.2, -0.15) is 0 Å². The second kappa shape index (κ2) is 4.40. The van der Waals surface area contributed by atoms with Crippen LogP contribution in [0.4, 0.5) is 0 Å². The van der Waals surface area contributed by atoms with Crippen LogP contribution in [0.1, 0.15) is 41.0 Å². The van der Waals surface area contributed by atoms with E-state index in [1.165, 1.54) is 6.92 Å². The van der Waals surface area contributed by atoms with Crippen molar-refractivity contribution in [3.8, 4) is 0 Å². The Morgan fingerprint density at radius 1 is 1.31 bits per heavy atom. The van der Waals surface area contributed by atoms with E-state index in [1.807, 2.05) is 20.8 Å². The molecule has 0 aromatic heterocycles. The molecule has 3 heteroatoms. The molecule has 0 saturated heterocycles. The molecule has 0 aromatic carbocycles. The molecule has 0 aliphatic carbocycles. The van der Waals surface area contributed by atoms with E-state index >= 15 is 0 Å². The van der Waals surface area contributed by atoms with Crippen molar-refractivity contribution in [1.29, 1.82) is 0 Å². The first-order chi connectivity index (χ1) is 5.72. The van der Waals surface area contributed by atoms with Crippen LogP contribution in [0.15, 0.2) is 0 Å². The van der Waals surface area contributed by atoms with E-state index in [0.717, 1.165) is 0 Å². The molecule has 0 spiro atoms. The van der Waals surface area contributed by atoms with Gasteiger partial charge in [0.25, 0.3) is 0 Å². The fraction of sp³-hybridized carbons (Fsp3) is 0.800. The van der Waals surface area contributed by atoms with Crippen molar-refractivity contribution in [3.05, 3.63) is 0 Å². The van der Waals surface area contributed by atoms with E-state index in [1.54, 1.807) is 6.92 Å². The minimum Gasteiger partial charge on any atom is -0.460 e. The first-order valence-electron chi connectivity index (χ1n) is 4.44. The topological polar surface area (TPSA) is 43.4 Å². The van der Waals surface area contributed by atoms with Crippen molar-refractivity contribution in [3.63, 3.8) is 0 Å². The van der Waals surface area contributed by atoms with E-state index in [9.17, 15) is 9.59 Å². The van der Waals surface area contributed by atoms with Gasteiger partial charge in [-0.25, -0.2) is 0 Å². The molecule has 0 rings (SSSR count). The standard InChI is InChI=1S/C10H18O3/c1-7(6-8(2)11)9(12)13-10(3,4)5/h7H,6H2,1-5H3. The maximum absolute atomic E-state index is 11.3. The summed E-state index contributed by atoms with van der Waals surface area (Å²) in [5.41, 5.74) is -0.470. The highest BCUT2D eigenvalue weighted by Gasteiger charge is 2.22. The van der Waals surface area contributed by atoms with Gasteiger partial charge in [0.05, 0.1) is 5.92 Å². The van der Waals surface area contributed by atoms with E-state index in [4.69, 9.17) is 4.74 Å². The molecule has 0 aliphatic heterocycles. The third-order valence-electron chi connectivity index (χ3n) is 1.40. The molecular formula is C10H18O3. The van der Waals surface area contributed by atoms with Crippen LogP contribution in [0.2, 0.25) is 0 Å². The molecule has 0 N–H and O–H groups in total. The van der Waals surface area contributed by atoms with Crippen molar-refractivity contribution >= 4 is 11.8 Å². The Balaban J connectivity index is 4.05. The first kappa shape index (κ1) is 12.1. The normalized spacial score (nSPS) is 13.6. The lowest BCUT2D eigenvalue weighted by atomic mass is 10.1. The molecular weight excluding hydrogens is 168 g/mol. The summed E-state index contributed by atoms with van der Waals surface area (Å²) < 4.78 is 5.11. The van der Waals surface area contributed by atoms with Crippen LogP contribution >= 0.6 is 0 Å². The van der Waals surface area contributed by atoms with Crippen LogP contribution in [0.5, 0.6) is 0 Å². The molecule has 1 atom stereocenters. The summed E-state index contributed by atoms with van der Waals surface area (Å²) in [6.45, 7) is 8.61. The number of hydrogen-bond donors (Lipinski definition) is 0. The Morgan fingerprint density at radius 3 is 2.08 bits per heavy atom. The predicted molar refractivity (Wildman–Crippen MR) is 50.3 cm³/mol. The summed E-state index contributed by atoms with van der Waals surface area (Å²) in [5.74, 6) is -0.627. The maximum Gasteiger partial charge on any atom is 0.309 e. The zero-order valence-corrected chi connectivity index (χ0v) is 9.01. The van der Waals surface area contributed by atoms with Gasteiger partial charge in [-0.3, -0.25) is 4.79 Å². The summed E-state index contributed by atoms with van der Waals surface area (Å²) in [7, 11) is 0. The summed E-state index contributed by atoms with van der Waals surface area (Å²) in [6.07, 6.45) is 0.259. The SMILES string of the molecule is CC(=O)CC(C)C(=O)OC(C)(C)C. The Bertz CT molecular complexity index is 201. The molecule has 0 heterocycles. The highest BCUT2D eigenvalue weighted by molar-refractivity contribution is 5.82. The number of ether oxygens (including phenoxy) is 1. The third-order valence-corrected chi connectivity index (χ3v) is 1.40. The molecule has 3 nitrogen and oxygen atoms in total. The Labute approximate surface area is 79.5 Å². The monoisotopic (exact) mass is 186 g/mol. The summed E-state index contributed by atoms with van der Waals surface area (Å²) >= 11 is 0. The lowest BCUT2D eigenvalue weighted by Crippen LogP contribution is -2.28. The number of hydrogen-bond acceptors (Lipinski definition) is 3. The highest BCUT2D eigenvalue weighted by Crippen LogP contribution is 2.13. The third kappa shape index (κ3) is 6.31. The second-order valence-electron chi connectivity index (χ2n) is 4.34. The molecule has 0 saturated carbocycles. The van der Waals surface area contributed by atoms with E-state index in [2.05, 4.69) is 0 Å². The summed E-state index contributed by atoms with van der Waals surface area (Å²) in [5, 5.41) is 0. The van der Waals surface area contributed by atoms with Gasteiger partial charge >= 0.3 is 5.97 Å². The van der Waals surface area contributed by atoms with Crippen LogP contribution in [-0.4, -0.2) is 17.4 Å². The molecule has 13 heavy (non-hydrogen) atoms. The molecule has 76 valence electrons. The average molecular weight is 186 g/mol. The molecule has 0 radical (unpaired) electrons. The molecule has 0 fully saturated rings. The molecule has 1 unspecified atom stereocenters. The Kier molecular flexibility index (Phi) is 4.11. The van der Waals surface area contributed by atoms with Crippen molar-refractivity contribution in [1.82, 2.24) is 0 Å². The van der Waals surface area contributed by atoms with Gasteiger partial charge in [-0.1, -0.05) is 6.92 Å². The van der Waals surface area contributed by atoms with Gasteiger partial charge in [0.15, 0.2) is 0 Å². The van der Waals surface area contributed by atoms with Gasteiger partial charge in [0.2, 0.25) is 0 Å². The quantitative estimate of drug-likeness (QED) is 0.633. The molecule has 0 amide bonds. The number of esters is 1. The van der Waals surface area contributed by atoms with Crippen LogP contribution < -0.4 is 0 Å². The maximum atomic E-state index is 11.3. The van der Waals surface area contributed by atoms with Crippen LogP contribution in [0.3, 0.4) is 0 Å². The number of ketones is 1. The van der Waals surface area contributed by atoms with Crippen molar-refractivity contribution < 1.29 is 14.3 Å². The molecule has 0 aliphatic rings. The highest BCUT2D eigenvalue weighted by atomic mass is 16.6. The number of rotatable bonds is 3. The number of carbonyl (C=O) groups excluding carboxylic acids is 2.